The third kappa shape index (κ3) is 5.63. The summed E-state index contributed by atoms with van der Waals surface area (Å²) in [5, 5.41) is 20.6. The van der Waals surface area contributed by atoms with Crippen molar-refractivity contribution >= 4 is 21.2 Å². The van der Waals surface area contributed by atoms with Crippen LogP contribution in [-0.4, -0.2) is 48.1 Å². The monoisotopic (exact) mass is 541 g/mol. The Morgan fingerprint density at radius 2 is 1.86 bits per heavy atom. The van der Waals surface area contributed by atoms with Gasteiger partial charge in [0.1, 0.15) is 34.5 Å². The van der Waals surface area contributed by atoms with Crippen molar-refractivity contribution in [1.82, 2.24) is 19.7 Å². The fraction of sp³-hybridized carbons (Fsp3) is 0.280. The van der Waals surface area contributed by atoms with Crippen LogP contribution < -0.4 is 9.47 Å². The Morgan fingerprint density at radius 3 is 2.49 bits per heavy atom. The first-order valence-corrected chi connectivity index (χ1v) is 14.0. The van der Waals surface area contributed by atoms with Gasteiger partial charge in [0.15, 0.2) is 21.5 Å². The van der Waals surface area contributed by atoms with E-state index in [-0.39, 0.29) is 23.6 Å². The number of halogens is 1. The molecule has 4 aromatic rings. The second-order valence-corrected chi connectivity index (χ2v) is 11.1. The van der Waals surface area contributed by atoms with Gasteiger partial charge in [0, 0.05) is 5.38 Å². The van der Waals surface area contributed by atoms with E-state index in [9.17, 15) is 18.1 Å². The minimum atomic E-state index is -3.73. The second kappa shape index (κ2) is 11.1. The first-order chi connectivity index (χ1) is 17.8. The smallest absolute Gasteiger partial charge is 0.188 e. The second-order valence-electron chi connectivity index (χ2n) is 8.02. The summed E-state index contributed by atoms with van der Waals surface area (Å²) in [6, 6.07) is 10.9. The number of rotatable bonds is 10. The van der Waals surface area contributed by atoms with E-state index in [0.29, 0.717) is 34.3 Å². The summed E-state index contributed by atoms with van der Waals surface area (Å²) < 4.78 is 52.6. The average molecular weight is 542 g/mol. The number of nitrogens with zero attached hydrogens (tertiary/aromatic N) is 5. The van der Waals surface area contributed by atoms with Crippen LogP contribution in [0.15, 0.2) is 41.8 Å². The van der Waals surface area contributed by atoms with E-state index in [1.807, 2.05) is 18.4 Å². The maximum Gasteiger partial charge on any atom is 0.188 e. The molecule has 0 N–H and O–H groups in total. The lowest BCUT2D eigenvalue weighted by atomic mass is 10.1. The van der Waals surface area contributed by atoms with Gasteiger partial charge in [0.25, 0.3) is 0 Å². The Labute approximate surface area is 218 Å². The van der Waals surface area contributed by atoms with Crippen LogP contribution in [0.25, 0.3) is 17.2 Å². The summed E-state index contributed by atoms with van der Waals surface area (Å²) in [7, 11) is -0.719. The fourth-order valence-electron chi connectivity index (χ4n) is 3.84. The zero-order chi connectivity index (χ0) is 26.6. The van der Waals surface area contributed by atoms with Gasteiger partial charge in [-0.15, -0.1) is 21.5 Å². The number of methoxy groups -OCH3 is 2. The fourth-order valence-corrected chi connectivity index (χ4v) is 5.82. The van der Waals surface area contributed by atoms with Gasteiger partial charge in [0.2, 0.25) is 0 Å². The lowest BCUT2D eigenvalue weighted by Gasteiger charge is -2.17. The largest absolute Gasteiger partial charge is 0.494 e. The van der Waals surface area contributed by atoms with Crippen molar-refractivity contribution in [3.05, 3.63) is 69.6 Å². The van der Waals surface area contributed by atoms with E-state index in [2.05, 4.69) is 15.2 Å². The SMILES string of the molecule is CCc1nc(-c2nnc(CS(=O)(=O)CCc3ccc(F)cc3C#N)n2-c2c(OC)cccc2OC)cs1. The van der Waals surface area contributed by atoms with Crippen molar-refractivity contribution in [2.24, 2.45) is 0 Å². The Kier molecular flexibility index (Phi) is 7.85. The maximum atomic E-state index is 13.5. The number of ether oxygens (including phenoxy) is 2. The molecular formula is C25H24FN5O4S2. The van der Waals surface area contributed by atoms with Gasteiger partial charge < -0.3 is 9.47 Å². The predicted molar refractivity (Wildman–Crippen MR) is 137 cm³/mol. The number of sulfone groups is 1. The summed E-state index contributed by atoms with van der Waals surface area (Å²) in [5.41, 5.74) is 1.57. The lowest BCUT2D eigenvalue weighted by Crippen LogP contribution is -2.16. The van der Waals surface area contributed by atoms with E-state index in [1.165, 1.54) is 37.7 Å². The number of nitriles is 1. The first kappa shape index (κ1) is 26.2. The van der Waals surface area contributed by atoms with Gasteiger partial charge >= 0.3 is 0 Å². The van der Waals surface area contributed by atoms with Gasteiger partial charge in [-0.25, -0.2) is 17.8 Å². The van der Waals surface area contributed by atoms with Gasteiger partial charge in [-0.05, 0) is 42.7 Å². The molecule has 0 unspecified atom stereocenters. The highest BCUT2D eigenvalue weighted by Gasteiger charge is 2.26. The zero-order valence-corrected chi connectivity index (χ0v) is 22.1. The molecule has 0 aliphatic rings. The van der Waals surface area contributed by atoms with Crippen LogP contribution in [0.4, 0.5) is 4.39 Å². The number of aryl methyl sites for hydroxylation is 2. The minimum absolute atomic E-state index is 0.0520. The molecular weight excluding hydrogens is 517 g/mol. The molecule has 0 aliphatic heterocycles. The summed E-state index contributed by atoms with van der Waals surface area (Å²) in [6.45, 7) is 1.99. The molecule has 0 amide bonds. The molecule has 0 aliphatic carbocycles. The average Bonchev–Trinajstić information content (AvgIpc) is 3.53. The molecule has 0 saturated carbocycles. The number of hydrogen-bond acceptors (Lipinski definition) is 9. The first-order valence-electron chi connectivity index (χ1n) is 11.3. The van der Waals surface area contributed by atoms with Gasteiger partial charge in [0.05, 0.1) is 36.6 Å². The number of para-hydroxylation sites is 1. The highest BCUT2D eigenvalue weighted by atomic mass is 32.2. The molecule has 2 aromatic heterocycles. The van der Waals surface area contributed by atoms with Crippen LogP contribution in [0.3, 0.4) is 0 Å². The molecule has 2 heterocycles. The van der Waals surface area contributed by atoms with Crippen LogP contribution >= 0.6 is 11.3 Å². The van der Waals surface area contributed by atoms with Crippen LogP contribution in [0, 0.1) is 17.1 Å². The summed E-state index contributed by atoms with van der Waals surface area (Å²) in [4.78, 5) is 4.61. The molecule has 9 nitrogen and oxygen atoms in total. The highest BCUT2D eigenvalue weighted by molar-refractivity contribution is 7.90. The Balaban J connectivity index is 1.76. The van der Waals surface area contributed by atoms with Crippen LogP contribution in [0.2, 0.25) is 0 Å². The normalized spacial score (nSPS) is 11.3. The zero-order valence-electron chi connectivity index (χ0n) is 20.4. The molecule has 0 radical (unpaired) electrons. The van der Waals surface area contributed by atoms with Gasteiger partial charge in [-0.1, -0.05) is 19.1 Å². The molecule has 0 saturated heterocycles. The van der Waals surface area contributed by atoms with Crippen molar-refractivity contribution in [3.8, 4) is 34.8 Å². The van der Waals surface area contributed by atoms with Crippen molar-refractivity contribution < 1.29 is 22.3 Å². The standard InChI is InChI=1S/C25H24FN5O4S2/c1-4-23-28-19(14-36-23)25-30-29-22(31(25)24-20(34-2)6-5-7-21(24)35-3)15-37(32,33)11-10-16-8-9-18(26)12-17(16)13-27/h5-9,12,14H,4,10-11,15H2,1-3H3. The quantitative estimate of drug-likeness (QED) is 0.294. The van der Waals surface area contributed by atoms with E-state index in [0.717, 1.165) is 17.5 Å². The van der Waals surface area contributed by atoms with E-state index < -0.39 is 21.4 Å². The van der Waals surface area contributed by atoms with Crippen molar-refractivity contribution in [2.45, 2.75) is 25.5 Å². The van der Waals surface area contributed by atoms with Gasteiger partial charge in [-0.2, -0.15) is 5.26 Å². The van der Waals surface area contributed by atoms with E-state index in [1.54, 1.807) is 22.8 Å². The maximum absolute atomic E-state index is 13.5. The third-order valence-corrected chi connectivity index (χ3v) is 8.18. The number of thiazole rings is 1. The third-order valence-electron chi connectivity index (χ3n) is 5.66. The summed E-state index contributed by atoms with van der Waals surface area (Å²) in [5.74, 6) is 0.134. The molecule has 0 bridgehead atoms. The van der Waals surface area contributed by atoms with Crippen LogP contribution in [0.1, 0.15) is 28.9 Å². The number of aromatic nitrogens is 4. The minimum Gasteiger partial charge on any atom is -0.494 e. The molecule has 12 heteroatoms. The molecule has 0 fully saturated rings. The molecule has 0 spiro atoms. The van der Waals surface area contributed by atoms with Crippen molar-refractivity contribution in [3.63, 3.8) is 0 Å². The number of hydrogen-bond donors (Lipinski definition) is 0. The van der Waals surface area contributed by atoms with Gasteiger partial charge in [-0.3, -0.25) is 4.57 Å². The summed E-state index contributed by atoms with van der Waals surface area (Å²) >= 11 is 1.47. The molecule has 37 heavy (non-hydrogen) atoms. The lowest BCUT2D eigenvalue weighted by molar-refractivity contribution is 0.390. The molecule has 2 aromatic carbocycles. The summed E-state index contributed by atoms with van der Waals surface area (Å²) in [6.07, 6.45) is 0.794. The molecule has 4 rings (SSSR count). The van der Waals surface area contributed by atoms with Crippen molar-refractivity contribution in [1.29, 1.82) is 5.26 Å². The Hall–Kier alpha value is -3.82. The van der Waals surface area contributed by atoms with Crippen LogP contribution in [0.5, 0.6) is 11.5 Å². The molecule has 0 atom stereocenters. The predicted octanol–water partition coefficient (Wildman–Crippen LogP) is 4.14. The Bertz CT molecular complexity index is 1550. The van der Waals surface area contributed by atoms with E-state index in [4.69, 9.17) is 9.47 Å². The number of benzene rings is 2. The van der Waals surface area contributed by atoms with Crippen molar-refractivity contribution in [2.75, 3.05) is 20.0 Å². The molecule has 192 valence electrons. The van der Waals surface area contributed by atoms with E-state index >= 15 is 0 Å². The topological polar surface area (TPSA) is 120 Å². The highest BCUT2D eigenvalue weighted by Crippen LogP contribution is 2.36. The van der Waals surface area contributed by atoms with Crippen LogP contribution in [-0.2, 0) is 28.4 Å². The Morgan fingerprint density at radius 1 is 1.14 bits per heavy atom.